The molecule has 0 amide bonds. The zero-order valence-corrected chi connectivity index (χ0v) is 12.1. The minimum atomic E-state index is -0.830. The van der Waals surface area contributed by atoms with Crippen LogP contribution < -0.4 is 0 Å². The van der Waals surface area contributed by atoms with Gasteiger partial charge in [-0.2, -0.15) is 0 Å². The van der Waals surface area contributed by atoms with Gasteiger partial charge in [-0.3, -0.25) is 9.78 Å². The molecule has 2 rings (SSSR count). The number of nitrogens with zero attached hydrogens (tertiary/aromatic N) is 1. The number of aryl methyl sites for hydroxylation is 1. The second-order valence-corrected chi connectivity index (χ2v) is 5.29. The zero-order valence-electron chi connectivity index (χ0n) is 12.1. The second kappa shape index (κ2) is 5.87. The molecule has 0 unspecified atom stereocenters. The Morgan fingerprint density at radius 2 is 1.80 bits per heavy atom. The summed E-state index contributed by atoms with van der Waals surface area (Å²) in [4.78, 5) is 15.3. The fourth-order valence-electron chi connectivity index (χ4n) is 2.14. The third kappa shape index (κ3) is 3.23. The minimum Gasteiger partial charge on any atom is -0.481 e. The zero-order chi connectivity index (χ0) is 14.7. The summed E-state index contributed by atoms with van der Waals surface area (Å²) in [6.07, 6.45) is 0.0192. The third-order valence-corrected chi connectivity index (χ3v) is 3.41. The molecule has 0 saturated carbocycles. The first-order valence-corrected chi connectivity index (χ1v) is 6.76. The molecule has 3 heteroatoms. The summed E-state index contributed by atoms with van der Waals surface area (Å²) >= 11 is 0. The van der Waals surface area contributed by atoms with Gasteiger partial charge in [-0.25, -0.2) is 0 Å². The van der Waals surface area contributed by atoms with E-state index in [-0.39, 0.29) is 6.42 Å². The van der Waals surface area contributed by atoms with E-state index in [1.165, 1.54) is 5.56 Å². The predicted molar refractivity (Wildman–Crippen MR) is 79.8 cm³/mol. The molecule has 0 atom stereocenters. The number of aliphatic carboxylic acids is 1. The molecular weight excluding hydrogens is 250 g/mol. The lowest BCUT2D eigenvalue weighted by Crippen LogP contribution is -2.03. The Balaban J connectivity index is 2.29. The van der Waals surface area contributed by atoms with E-state index in [4.69, 9.17) is 5.11 Å². The molecule has 1 heterocycles. The van der Waals surface area contributed by atoms with E-state index >= 15 is 0 Å². The predicted octanol–water partition coefficient (Wildman–Crippen LogP) is 3.81. The highest BCUT2D eigenvalue weighted by Crippen LogP contribution is 2.22. The fourth-order valence-corrected chi connectivity index (χ4v) is 2.14. The molecule has 0 fully saturated rings. The summed E-state index contributed by atoms with van der Waals surface area (Å²) in [5.74, 6) is -0.319. The van der Waals surface area contributed by atoms with Crippen molar-refractivity contribution in [1.82, 2.24) is 4.98 Å². The summed E-state index contributed by atoms with van der Waals surface area (Å²) in [5.41, 5.74) is 4.78. The Labute approximate surface area is 119 Å². The van der Waals surface area contributed by atoms with Crippen LogP contribution in [-0.2, 0) is 11.2 Å². The molecule has 1 N–H and O–H groups in total. The maximum atomic E-state index is 10.7. The largest absolute Gasteiger partial charge is 0.481 e. The van der Waals surface area contributed by atoms with Crippen molar-refractivity contribution in [3.8, 4) is 11.3 Å². The van der Waals surface area contributed by atoms with Crippen LogP contribution in [0.4, 0.5) is 0 Å². The molecule has 3 nitrogen and oxygen atoms in total. The van der Waals surface area contributed by atoms with E-state index in [1.807, 2.05) is 19.1 Å². The SMILES string of the molecule is Cc1nc(-c2ccc(C(C)C)cc2)ccc1CC(=O)O. The molecule has 1 aromatic carbocycles. The molecule has 0 aliphatic rings. The van der Waals surface area contributed by atoms with E-state index in [2.05, 4.69) is 43.1 Å². The number of rotatable bonds is 4. The van der Waals surface area contributed by atoms with Crippen LogP contribution in [0.2, 0.25) is 0 Å². The van der Waals surface area contributed by atoms with Crippen molar-refractivity contribution in [1.29, 1.82) is 0 Å². The van der Waals surface area contributed by atoms with Crippen molar-refractivity contribution in [2.24, 2.45) is 0 Å². The van der Waals surface area contributed by atoms with Crippen LogP contribution in [0.1, 0.15) is 36.6 Å². The normalized spacial score (nSPS) is 10.8. The van der Waals surface area contributed by atoms with Crippen LogP contribution in [-0.4, -0.2) is 16.1 Å². The Hall–Kier alpha value is -2.16. The van der Waals surface area contributed by atoms with Gasteiger partial charge >= 0.3 is 5.97 Å². The molecule has 0 bridgehead atoms. The number of hydrogen-bond donors (Lipinski definition) is 1. The van der Waals surface area contributed by atoms with Gasteiger partial charge in [0.25, 0.3) is 0 Å². The van der Waals surface area contributed by atoms with Gasteiger partial charge in [-0.15, -0.1) is 0 Å². The third-order valence-electron chi connectivity index (χ3n) is 3.41. The van der Waals surface area contributed by atoms with Gasteiger partial charge in [0, 0.05) is 11.3 Å². The van der Waals surface area contributed by atoms with Crippen molar-refractivity contribution >= 4 is 5.97 Å². The van der Waals surface area contributed by atoms with Gasteiger partial charge in [-0.05, 0) is 30.0 Å². The molecule has 2 aromatic rings. The molecule has 1 aromatic heterocycles. The summed E-state index contributed by atoms with van der Waals surface area (Å²) in [5, 5.41) is 8.83. The monoisotopic (exact) mass is 269 g/mol. The Bertz CT molecular complexity index is 615. The quantitative estimate of drug-likeness (QED) is 0.918. The van der Waals surface area contributed by atoms with Crippen molar-refractivity contribution in [3.63, 3.8) is 0 Å². The van der Waals surface area contributed by atoms with E-state index < -0.39 is 5.97 Å². The van der Waals surface area contributed by atoms with Gasteiger partial charge in [0.15, 0.2) is 0 Å². The molecule has 0 radical (unpaired) electrons. The highest BCUT2D eigenvalue weighted by Gasteiger charge is 2.07. The first kappa shape index (κ1) is 14.3. The smallest absolute Gasteiger partial charge is 0.307 e. The number of carboxylic acids is 1. The lowest BCUT2D eigenvalue weighted by Gasteiger charge is -2.09. The molecule has 20 heavy (non-hydrogen) atoms. The Kier molecular flexibility index (Phi) is 4.18. The molecular formula is C17H19NO2. The van der Waals surface area contributed by atoms with Crippen LogP contribution in [0.25, 0.3) is 11.3 Å². The summed E-state index contributed by atoms with van der Waals surface area (Å²) < 4.78 is 0. The Morgan fingerprint density at radius 1 is 1.15 bits per heavy atom. The molecule has 0 saturated heterocycles. The minimum absolute atomic E-state index is 0.0192. The van der Waals surface area contributed by atoms with E-state index in [0.717, 1.165) is 22.5 Å². The summed E-state index contributed by atoms with van der Waals surface area (Å²) in [6.45, 7) is 6.18. The molecule has 0 spiro atoms. The first-order valence-electron chi connectivity index (χ1n) is 6.76. The van der Waals surface area contributed by atoms with Crippen molar-refractivity contribution in [2.45, 2.75) is 33.1 Å². The van der Waals surface area contributed by atoms with Crippen LogP contribution >= 0.6 is 0 Å². The fraction of sp³-hybridized carbons (Fsp3) is 0.294. The van der Waals surface area contributed by atoms with E-state index in [0.29, 0.717) is 5.92 Å². The lowest BCUT2D eigenvalue weighted by atomic mass is 10.00. The number of carboxylic acid groups (broad SMARTS) is 1. The second-order valence-electron chi connectivity index (χ2n) is 5.29. The highest BCUT2D eigenvalue weighted by atomic mass is 16.4. The maximum absolute atomic E-state index is 10.7. The van der Waals surface area contributed by atoms with Gasteiger partial charge in [0.1, 0.15) is 0 Å². The van der Waals surface area contributed by atoms with Gasteiger partial charge in [-0.1, -0.05) is 44.2 Å². The highest BCUT2D eigenvalue weighted by molar-refractivity contribution is 5.71. The number of benzene rings is 1. The Morgan fingerprint density at radius 3 is 2.30 bits per heavy atom. The van der Waals surface area contributed by atoms with Crippen molar-refractivity contribution < 1.29 is 9.90 Å². The van der Waals surface area contributed by atoms with Gasteiger partial charge in [0.2, 0.25) is 0 Å². The molecule has 0 aliphatic heterocycles. The van der Waals surface area contributed by atoms with Crippen LogP contribution in [0.5, 0.6) is 0 Å². The summed E-state index contributed by atoms with van der Waals surface area (Å²) in [6, 6.07) is 12.1. The average Bonchev–Trinajstić information content (AvgIpc) is 2.41. The van der Waals surface area contributed by atoms with E-state index in [1.54, 1.807) is 0 Å². The molecule has 0 aliphatic carbocycles. The van der Waals surface area contributed by atoms with Gasteiger partial charge in [0.05, 0.1) is 12.1 Å². The van der Waals surface area contributed by atoms with Crippen LogP contribution in [0.15, 0.2) is 36.4 Å². The topological polar surface area (TPSA) is 50.2 Å². The number of pyridine rings is 1. The van der Waals surface area contributed by atoms with E-state index in [9.17, 15) is 4.79 Å². The van der Waals surface area contributed by atoms with Gasteiger partial charge < -0.3 is 5.11 Å². The van der Waals surface area contributed by atoms with Crippen molar-refractivity contribution in [2.75, 3.05) is 0 Å². The summed E-state index contributed by atoms with van der Waals surface area (Å²) in [7, 11) is 0. The number of aromatic nitrogens is 1. The number of carbonyl (C=O) groups is 1. The standard InChI is InChI=1S/C17H19NO2/c1-11(2)13-4-6-14(7-5-13)16-9-8-15(10-17(19)20)12(3)18-16/h4-9,11H,10H2,1-3H3,(H,19,20). The molecule has 104 valence electrons. The van der Waals surface area contributed by atoms with Crippen LogP contribution in [0.3, 0.4) is 0 Å². The lowest BCUT2D eigenvalue weighted by molar-refractivity contribution is -0.136. The van der Waals surface area contributed by atoms with Crippen LogP contribution in [0, 0.1) is 6.92 Å². The first-order chi connectivity index (χ1) is 9.47. The number of hydrogen-bond acceptors (Lipinski definition) is 2. The maximum Gasteiger partial charge on any atom is 0.307 e. The average molecular weight is 269 g/mol. The van der Waals surface area contributed by atoms with Crippen molar-refractivity contribution in [3.05, 3.63) is 53.2 Å².